The van der Waals surface area contributed by atoms with Gasteiger partial charge in [0.05, 0.1) is 5.69 Å². The standard InChI is InChI=1S/C16H12FN3O2/c17-10-3-6-14-12(7-10)13(16(22)20-14)8-19-11-4-1-9(2-5-11)15(18)21/h1-8,13H,(H2,18,21)(H,20,22). The Morgan fingerprint density at radius 1 is 1.23 bits per heavy atom. The second-order valence-corrected chi connectivity index (χ2v) is 4.89. The van der Waals surface area contributed by atoms with Gasteiger partial charge in [0.1, 0.15) is 11.7 Å². The number of aliphatic imine (C=N–C) groups is 1. The number of anilines is 1. The van der Waals surface area contributed by atoms with E-state index in [-0.39, 0.29) is 5.91 Å². The topological polar surface area (TPSA) is 84.6 Å². The summed E-state index contributed by atoms with van der Waals surface area (Å²) in [5.41, 5.74) is 7.26. The lowest BCUT2D eigenvalue weighted by atomic mass is 10.0. The monoisotopic (exact) mass is 297 g/mol. The minimum atomic E-state index is -0.637. The number of rotatable bonds is 3. The number of nitrogens with two attached hydrogens (primary N) is 1. The average Bonchev–Trinajstić information content (AvgIpc) is 2.80. The lowest BCUT2D eigenvalue weighted by molar-refractivity contribution is -0.115. The number of nitrogens with one attached hydrogen (secondary N) is 1. The molecule has 0 aromatic heterocycles. The van der Waals surface area contributed by atoms with Crippen LogP contribution in [0.4, 0.5) is 15.8 Å². The molecule has 0 spiro atoms. The van der Waals surface area contributed by atoms with Crippen molar-refractivity contribution in [3.8, 4) is 0 Å². The second-order valence-electron chi connectivity index (χ2n) is 4.89. The molecule has 110 valence electrons. The number of carbonyl (C=O) groups is 2. The number of primary amides is 1. The van der Waals surface area contributed by atoms with Crippen molar-refractivity contribution in [1.82, 2.24) is 0 Å². The SMILES string of the molecule is NC(=O)c1ccc(N=CC2C(=O)Nc3ccc(F)cc32)cc1. The first-order chi connectivity index (χ1) is 10.5. The predicted octanol–water partition coefficient (Wildman–Crippen LogP) is 2.36. The van der Waals surface area contributed by atoms with Gasteiger partial charge in [-0.3, -0.25) is 14.6 Å². The van der Waals surface area contributed by atoms with E-state index < -0.39 is 17.6 Å². The van der Waals surface area contributed by atoms with Crippen molar-refractivity contribution < 1.29 is 14.0 Å². The summed E-state index contributed by atoms with van der Waals surface area (Å²) < 4.78 is 13.3. The van der Waals surface area contributed by atoms with Gasteiger partial charge in [0.15, 0.2) is 0 Å². The van der Waals surface area contributed by atoms with E-state index in [1.807, 2.05) is 0 Å². The van der Waals surface area contributed by atoms with Crippen molar-refractivity contribution in [2.75, 3.05) is 5.32 Å². The van der Waals surface area contributed by atoms with E-state index in [0.717, 1.165) is 0 Å². The van der Waals surface area contributed by atoms with Gasteiger partial charge in [0.25, 0.3) is 0 Å². The Labute approximate surface area is 125 Å². The van der Waals surface area contributed by atoms with Gasteiger partial charge in [-0.2, -0.15) is 0 Å². The first-order valence-electron chi connectivity index (χ1n) is 6.59. The minimum Gasteiger partial charge on any atom is -0.366 e. The Bertz CT molecular complexity index is 784. The fourth-order valence-electron chi connectivity index (χ4n) is 2.28. The number of hydrogen-bond donors (Lipinski definition) is 2. The summed E-state index contributed by atoms with van der Waals surface area (Å²) >= 11 is 0. The predicted molar refractivity (Wildman–Crippen MR) is 80.9 cm³/mol. The maximum atomic E-state index is 13.3. The number of amides is 2. The van der Waals surface area contributed by atoms with E-state index >= 15 is 0 Å². The molecule has 3 N–H and O–H groups in total. The van der Waals surface area contributed by atoms with Crippen LogP contribution in [0.15, 0.2) is 47.5 Å². The third-order valence-electron chi connectivity index (χ3n) is 3.41. The van der Waals surface area contributed by atoms with Crippen LogP contribution in [0.3, 0.4) is 0 Å². The highest BCUT2D eigenvalue weighted by atomic mass is 19.1. The van der Waals surface area contributed by atoms with Crippen molar-refractivity contribution in [2.24, 2.45) is 10.7 Å². The van der Waals surface area contributed by atoms with Crippen LogP contribution in [-0.2, 0) is 4.79 Å². The van der Waals surface area contributed by atoms with E-state index in [9.17, 15) is 14.0 Å². The van der Waals surface area contributed by atoms with Gasteiger partial charge in [-0.15, -0.1) is 0 Å². The third-order valence-corrected chi connectivity index (χ3v) is 3.41. The molecule has 5 nitrogen and oxygen atoms in total. The first kappa shape index (κ1) is 13.9. The fraction of sp³-hybridized carbons (Fsp3) is 0.0625. The van der Waals surface area contributed by atoms with Crippen molar-refractivity contribution in [2.45, 2.75) is 5.92 Å². The van der Waals surface area contributed by atoms with Gasteiger partial charge in [-0.1, -0.05) is 0 Å². The van der Waals surface area contributed by atoms with Gasteiger partial charge in [-0.05, 0) is 48.0 Å². The molecule has 2 amide bonds. The maximum Gasteiger partial charge on any atom is 0.248 e. The third kappa shape index (κ3) is 2.58. The lowest BCUT2D eigenvalue weighted by Gasteiger charge is -2.02. The molecule has 6 heteroatoms. The normalized spacial score (nSPS) is 16.6. The molecule has 3 rings (SSSR count). The number of carbonyl (C=O) groups excluding carboxylic acids is 2. The molecule has 1 aliphatic heterocycles. The van der Waals surface area contributed by atoms with E-state index in [4.69, 9.17) is 5.73 Å². The summed E-state index contributed by atoms with van der Waals surface area (Å²) in [6, 6.07) is 10.5. The fourth-order valence-corrected chi connectivity index (χ4v) is 2.28. The number of fused-ring (bicyclic) bond motifs is 1. The molecule has 22 heavy (non-hydrogen) atoms. The van der Waals surface area contributed by atoms with Crippen LogP contribution in [0.25, 0.3) is 0 Å². The van der Waals surface area contributed by atoms with Gasteiger partial charge in [-0.25, -0.2) is 4.39 Å². The molecule has 2 aromatic carbocycles. The van der Waals surface area contributed by atoms with E-state index in [0.29, 0.717) is 22.5 Å². The van der Waals surface area contributed by atoms with Crippen molar-refractivity contribution >= 4 is 29.4 Å². The first-order valence-corrected chi connectivity index (χ1v) is 6.59. The Kier molecular flexibility index (Phi) is 3.42. The van der Waals surface area contributed by atoms with Gasteiger partial charge in [0.2, 0.25) is 11.8 Å². The molecule has 1 atom stereocenters. The molecule has 2 aromatic rings. The Morgan fingerprint density at radius 3 is 2.64 bits per heavy atom. The zero-order chi connectivity index (χ0) is 15.7. The van der Waals surface area contributed by atoms with Crippen molar-refractivity contribution in [3.05, 3.63) is 59.4 Å². The van der Waals surface area contributed by atoms with Crippen LogP contribution < -0.4 is 11.1 Å². The molecule has 1 unspecified atom stereocenters. The highest BCUT2D eigenvalue weighted by molar-refractivity contribution is 6.12. The molecular weight excluding hydrogens is 285 g/mol. The van der Waals surface area contributed by atoms with Gasteiger partial charge >= 0.3 is 0 Å². The molecule has 1 aliphatic rings. The summed E-state index contributed by atoms with van der Waals surface area (Å²) in [7, 11) is 0. The quantitative estimate of drug-likeness (QED) is 0.852. The highest BCUT2D eigenvalue weighted by Crippen LogP contribution is 2.32. The number of hydrogen-bond acceptors (Lipinski definition) is 3. The Morgan fingerprint density at radius 2 is 1.95 bits per heavy atom. The summed E-state index contributed by atoms with van der Waals surface area (Å²) in [4.78, 5) is 27.1. The molecule has 0 saturated carbocycles. The lowest BCUT2D eigenvalue weighted by Crippen LogP contribution is -2.12. The molecule has 0 aliphatic carbocycles. The van der Waals surface area contributed by atoms with Crippen LogP contribution in [0.1, 0.15) is 21.8 Å². The van der Waals surface area contributed by atoms with E-state index in [1.165, 1.54) is 24.4 Å². The second kappa shape index (κ2) is 5.40. The molecule has 0 fully saturated rings. The summed E-state index contributed by atoms with van der Waals surface area (Å²) in [5.74, 6) is -1.81. The molecule has 1 heterocycles. The summed E-state index contributed by atoms with van der Waals surface area (Å²) in [5, 5.41) is 2.68. The van der Waals surface area contributed by atoms with Crippen molar-refractivity contribution in [3.63, 3.8) is 0 Å². The Balaban J connectivity index is 1.85. The highest BCUT2D eigenvalue weighted by Gasteiger charge is 2.29. The summed E-state index contributed by atoms with van der Waals surface area (Å²) in [6.45, 7) is 0. The van der Waals surface area contributed by atoms with E-state index in [1.54, 1.807) is 24.3 Å². The van der Waals surface area contributed by atoms with Gasteiger partial charge < -0.3 is 11.1 Å². The average molecular weight is 297 g/mol. The molecule has 0 saturated heterocycles. The molecule has 0 radical (unpaired) electrons. The van der Waals surface area contributed by atoms with Crippen molar-refractivity contribution in [1.29, 1.82) is 0 Å². The zero-order valence-corrected chi connectivity index (χ0v) is 11.4. The van der Waals surface area contributed by atoms with Crippen LogP contribution in [0.5, 0.6) is 0 Å². The van der Waals surface area contributed by atoms with Crippen LogP contribution in [0.2, 0.25) is 0 Å². The zero-order valence-electron chi connectivity index (χ0n) is 11.4. The van der Waals surface area contributed by atoms with E-state index in [2.05, 4.69) is 10.3 Å². The number of nitrogens with zero attached hydrogens (tertiary/aromatic N) is 1. The minimum absolute atomic E-state index is 0.252. The number of halogens is 1. The van der Waals surface area contributed by atoms with Gasteiger partial charge in [0, 0.05) is 17.5 Å². The molecule has 0 bridgehead atoms. The largest absolute Gasteiger partial charge is 0.366 e. The summed E-state index contributed by atoms with van der Waals surface area (Å²) in [6.07, 6.45) is 1.46. The van der Waals surface area contributed by atoms with Crippen LogP contribution in [0, 0.1) is 5.82 Å². The number of benzene rings is 2. The van der Waals surface area contributed by atoms with Crippen LogP contribution in [-0.4, -0.2) is 18.0 Å². The van der Waals surface area contributed by atoms with Crippen LogP contribution >= 0.6 is 0 Å². The molecular formula is C16H12FN3O2. The smallest absolute Gasteiger partial charge is 0.248 e. The Hall–Kier alpha value is -3.02. The maximum absolute atomic E-state index is 13.3.